The van der Waals surface area contributed by atoms with E-state index in [9.17, 15) is 9.59 Å². The normalized spacial score (nSPS) is 20.0. The van der Waals surface area contributed by atoms with Crippen LogP contribution >= 0.6 is 23.1 Å². The summed E-state index contributed by atoms with van der Waals surface area (Å²) in [7, 11) is 0. The Kier molecular flexibility index (Phi) is 6.11. The quantitative estimate of drug-likeness (QED) is 0.549. The van der Waals surface area contributed by atoms with Crippen LogP contribution in [0.5, 0.6) is 0 Å². The van der Waals surface area contributed by atoms with E-state index in [-0.39, 0.29) is 24.3 Å². The summed E-state index contributed by atoms with van der Waals surface area (Å²) in [5.74, 6) is -0.495. The number of carbonyl (C=O) groups excluding carboxylic acids is 2. The molecule has 2 aromatic carbocycles. The molecule has 2 amide bonds. The van der Waals surface area contributed by atoms with Crippen molar-refractivity contribution in [3.05, 3.63) is 88.1 Å². The Morgan fingerprint density at radius 1 is 1.09 bits per heavy atom. The maximum Gasteiger partial charge on any atom is 0.262 e. The van der Waals surface area contributed by atoms with Gasteiger partial charge in [-0.25, -0.2) is 5.01 Å². The van der Waals surface area contributed by atoms with E-state index in [0.717, 1.165) is 33.8 Å². The van der Waals surface area contributed by atoms with Crippen LogP contribution in [0.1, 0.15) is 34.9 Å². The van der Waals surface area contributed by atoms with Crippen molar-refractivity contribution in [2.24, 2.45) is 10.1 Å². The molecule has 3 heterocycles. The van der Waals surface area contributed by atoms with E-state index in [1.165, 1.54) is 11.8 Å². The summed E-state index contributed by atoms with van der Waals surface area (Å²) in [6.07, 6.45) is 0.798. The Hall–Kier alpha value is -3.23. The van der Waals surface area contributed by atoms with Crippen molar-refractivity contribution < 1.29 is 9.59 Å². The van der Waals surface area contributed by atoms with Gasteiger partial charge in [-0.3, -0.25) is 9.59 Å². The molecule has 33 heavy (non-hydrogen) atoms. The molecule has 5 rings (SSSR count). The Bertz CT molecular complexity index is 1220. The summed E-state index contributed by atoms with van der Waals surface area (Å²) >= 11 is 2.97. The zero-order valence-corrected chi connectivity index (χ0v) is 19.6. The second-order valence-electron chi connectivity index (χ2n) is 7.96. The molecule has 0 spiro atoms. The van der Waals surface area contributed by atoms with Gasteiger partial charge in [0, 0.05) is 18.5 Å². The Labute approximate surface area is 200 Å². The number of hydrogen-bond donors (Lipinski definition) is 1. The second kappa shape index (κ2) is 9.33. The fourth-order valence-corrected chi connectivity index (χ4v) is 5.62. The summed E-state index contributed by atoms with van der Waals surface area (Å²) in [5.41, 5.74) is 3.93. The molecule has 166 valence electrons. The highest BCUT2D eigenvalue weighted by atomic mass is 32.2. The summed E-state index contributed by atoms with van der Waals surface area (Å²) < 4.78 is 0. The highest BCUT2D eigenvalue weighted by Crippen LogP contribution is 2.39. The largest absolute Gasteiger partial charge is 0.326 e. The lowest BCUT2D eigenvalue weighted by Gasteiger charge is -2.23. The smallest absolute Gasteiger partial charge is 0.262 e. The number of benzene rings is 2. The Morgan fingerprint density at radius 3 is 2.61 bits per heavy atom. The van der Waals surface area contributed by atoms with Gasteiger partial charge in [0.25, 0.3) is 5.91 Å². The van der Waals surface area contributed by atoms with Crippen molar-refractivity contribution >= 4 is 51.5 Å². The second-order valence-corrected chi connectivity index (χ2v) is 10.1. The van der Waals surface area contributed by atoms with E-state index in [4.69, 9.17) is 5.10 Å². The van der Waals surface area contributed by atoms with Gasteiger partial charge in [-0.2, -0.15) is 10.1 Å². The standard InChI is InChI=1S/C25H22N4O2S2/c1-16-9-11-18(12-10-16)26-23(30)15-22-24(31)27-25(33-22)29-20(17-6-3-2-4-7-17)14-19(28-29)21-8-5-13-32-21/h2-13,20,22H,14-15H2,1H3,(H,26,30). The molecule has 2 unspecified atom stereocenters. The molecule has 0 saturated heterocycles. The molecule has 8 heteroatoms. The number of anilines is 1. The third-order valence-electron chi connectivity index (χ3n) is 5.53. The van der Waals surface area contributed by atoms with Crippen LogP contribution in [-0.2, 0) is 9.59 Å². The van der Waals surface area contributed by atoms with Crippen LogP contribution in [0.2, 0.25) is 0 Å². The maximum absolute atomic E-state index is 12.7. The van der Waals surface area contributed by atoms with Crippen LogP contribution in [0.25, 0.3) is 0 Å². The van der Waals surface area contributed by atoms with Crippen molar-refractivity contribution in [1.82, 2.24) is 5.01 Å². The average Bonchev–Trinajstić information content (AvgIpc) is 3.56. The predicted molar refractivity (Wildman–Crippen MR) is 135 cm³/mol. The maximum atomic E-state index is 12.7. The van der Waals surface area contributed by atoms with Crippen molar-refractivity contribution in [3.63, 3.8) is 0 Å². The van der Waals surface area contributed by atoms with Gasteiger partial charge < -0.3 is 5.32 Å². The average molecular weight is 475 g/mol. The molecule has 0 saturated carbocycles. The number of rotatable bonds is 5. The number of nitrogens with zero attached hydrogens (tertiary/aromatic N) is 3. The molecule has 1 N–H and O–H groups in total. The summed E-state index contributed by atoms with van der Waals surface area (Å²) in [6.45, 7) is 1.99. The van der Waals surface area contributed by atoms with E-state index in [0.29, 0.717) is 5.17 Å². The number of amides is 2. The van der Waals surface area contributed by atoms with Gasteiger partial charge >= 0.3 is 0 Å². The molecular weight excluding hydrogens is 452 g/mol. The number of amidine groups is 1. The van der Waals surface area contributed by atoms with Crippen LogP contribution in [0, 0.1) is 6.92 Å². The third kappa shape index (κ3) is 4.77. The Balaban J connectivity index is 1.32. The van der Waals surface area contributed by atoms with Gasteiger partial charge in [-0.15, -0.1) is 11.3 Å². The first-order valence-electron chi connectivity index (χ1n) is 10.7. The molecule has 2 atom stereocenters. The fourth-order valence-electron chi connectivity index (χ4n) is 3.83. The van der Waals surface area contributed by atoms with Crippen LogP contribution in [0.3, 0.4) is 0 Å². The highest BCUT2D eigenvalue weighted by molar-refractivity contribution is 8.15. The van der Waals surface area contributed by atoms with Gasteiger partial charge in [0.2, 0.25) is 5.91 Å². The molecule has 0 fully saturated rings. The monoisotopic (exact) mass is 474 g/mol. The summed E-state index contributed by atoms with van der Waals surface area (Å²) in [4.78, 5) is 30.6. The minimum atomic E-state index is -0.553. The number of thiophene rings is 1. The van der Waals surface area contributed by atoms with Crippen LogP contribution in [0.15, 0.2) is 82.2 Å². The number of aryl methyl sites for hydroxylation is 1. The van der Waals surface area contributed by atoms with Gasteiger partial charge in [0.1, 0.15) is 5.25 Å². The van der Waals surface area contributed by atoms with E-state index < -0.39 is 5.25 Å². The highest BCUT2D eigenvalue weighted by Gasteiger charge is 2.39. The predicted octanol–water partition coefficient (Wildman–Crippen LogP) is 5.23. The number of aliphatic imine (C=N–C) groups is 1. The molecule has 2 aliphatic heterocycles. The zero-order chi connectivity index (χ0) is 22.8. The van der Waals surface area contributed by atoms with Crippen LogP contribution < -0.4 is 5.32 Å². The van der Waals surface area contributed by atoms with Crippen molar-refractivity contribution in [2.75, 3.05) is 5.32 Å². The SMILES string of the molecule is Cc1ccc(NC(=O)CC2SC(N3N=C(c4cccs4)CC3c3ccccc3)=NC2=O)cc1. The minimum Gasteiger partial charge on any atom is -0.326 e. The molecule has 0 bridgehead atoms. The number of hydrogen-bond acceptors (Lipinski definition) is 6. The molecule has 1 aromatic heterocycles. The van der Waals surface area contributed by atoms with Gasteiger partial charge in [0.15, 0.2) is 5.17 Å². The number of carbonyl (C=O) groups is 2. The van der Waals surface area contributed by atoms with E-state index >= 15 is 0 Å². The topological polar surface area (TPSA) is 74.1 Å². The first-order chi connectivity index (χ1) is 16.1. The Morgan fingerprint density at radius 2 is 1.88 bits per heavy atom. The number of hydrazone groups is 1. The lowest BCUT2D eigenvalue weighted by molar-refractivity contribution is -0.121. The molecule has 0 aliphatic carbocycles. The van der Waals surface area contributed by atoms with Crippen molar-refractivity contribution in [3.8, 4) is 0 Å². The summed E-state index contributed by atoms with van der Waals surface area (Å²) in [5, 5.41) is 11.6. The lowest BCUT2D eigenvalue weighted by Crippen LogP contribution is -2.25. The number of thioether (sulfide) groups is 1. The van der Waals surface area contributed by atoms with Gasteiger partial charge in [0.05, 0.1) is 16.6 Å². The van der Waals surface area contributed by atoms with Crippen molar-refractivity contribution in [2.45, 2.75) is 31.1 Å². The van der Waals surface area contributed by atoms with E-state index in [1.807, 2.05) is 65.8 Å². The molecule has 2 aliphatic rings. The number of nitrogens with one attached hydrogen (secondary N) is 1. The molecule has 3 aromatic rings. The van der Waals surface area contributed by atoms with Crippen molar-refractivity contribution in [1.29, 1.82) is 0 Å². The van der Waals surface area contributed by atoms with Crippen LogP contribution in [-0.4, -0.2) is 33.0 Å². The fraction of sp³-hybridized carbons (Fsp3) is 0.200. The third-order valence-corrected chi connectivity index (χ3v) is 7.59. The molecule has 6 nitrogen and oxygen atoms in total. The first-order valence-corrected chi connectivity index (χ1v) is 12.4. The first kappa shape index (κ1) is 21.6. The van der Waals surface area contributed by atoms with Gasteiger partial charge in [-0.05, 0) is 36.1 Å². The minimum absolute atomic E-state index is 0.0394. The van der Waals surface area contributed by atoms with E-state index in [2.05, 4.69) is 28.5 Å². The summed E-state index contributed by atoms with van der Waals surface area (Å²) in [6, 6.07) is 21.7. The van der Waals surface area contributed by atoms with Crippen LogP contribution in [0.4, 0.5) is 5.69 Å². The lowest BCUT2D eigenvalue weighted by atomic mass is 10.0. The zero-order valence-electron chi connectivity index (χ0n) is 18.0. The molecule has 0 radical (unpaired) electrons. The van der Waals surface area contributed by atoms with Gasteiger partial charge in [-0.1, -0.05) is 65.9 Å². The van der Waals surface area contributed by atoms with E-state index in [1.54, 1.807) is 11.3 Å². The molecular formula is C25H22N4O2S2.